The van der Waals surface area contributed by atoms with Crippen molar-refractivity contribution < 1.29 is 9.47 Å². The number of morpholine rings is 1. The summed E-state index contributed by atoms with van der Waals surface area (Å²) in [7, 11) is 0. The van der Waals surface area contributed by atoms with Gasteiger partial charge in [0.05, 0.1) is 30.7 Å². The number of anilines is 1. The van der Waals surface area contributed by atoms with E-state index in [1.54, 1.807) is 11.3 Å². The maximum Gasteiger partial charge on any atom is 0.146 e. The van der Waals surface area contributed by atoms with Crippen LogP contribution in [0.4, 0.5) is 5.82 Å². The van der Waals surface area contributed by atoms with E-state index in [0.29, 0.717) is 6.04 Å². The average molecular weight is 417 g/mol. The highest BCUT2D eigenvalue weighted by Gasteiger charge is 2.40. The molecule has 3 aliphatic rings. The summed E-state index contributed by atoms with van der Waals surface area (Å²) >= 11 is 1.79. The molecule has 4 heterocycles. The van der Waals surface area contributed by atoms with Crippen LogP contribution >= 0.6 is 11.3 Å². The SMILES string of the molecule is Cc1sc2nc(CN3CCOCC3)nc(NC3CCOC4(CCCC4)C3)c2c1C. The summed E-state index contributed by atoms with van der Waals surface area (Å²) in [5.41, 5.74) is 1.42. The van der Waals surface area contributed by atoms with Crippen LogP contribution in [0.2, 0.25) is 0 Å². The molecule has 1 saturated carbocycles. The Morgan fingerprint density at radius 1 is 1.14 bits per heavy atom. The molecule has 5 rings (SSSR count). The molecule has 2 saturated heterocycles. The molecule has 29 heavy (non-hydrogen) atoms. The summed E-state index contributed by atoms with van der Waals surface area (Å²) in [5.74, 6) is 1.95. The van der Waals surface area contributed by atoms with Crippen LogP contribution in [0.15, 0.2) is 0 Å². The molecule has 1 N–H and O–H groups in total. The van der Waals surface area contributed by atoms with E-state index in [1.165, 1.54) is 41.5 Å². The summed E-state index contributed by atoms with van der Waals surface area (Å²) in [6, 6.07) is 0.427. The molecule has 7 heteroatoms. The van der Waals surface area contributed by atoms with E-state index in [9.17, 15) is 0 Å². The standard InChI is InChI=1S/C22H32N4O2S/c1-15-16(2)29-21-19(15)20(24-18(25-21)14-26-8-11-27-12-9-26)23-17-5-10-28-22(13-17)6-3-4-7-22/h17H,3-14H2,1-2H3,(H,23,24,25). The second kappa shape index (κ2) is 8.10. The second-order valence-electron chi connectivity index (χ2n) is 8.91. The maximum atomic E-state index is 6.24. The number of hydrogen-bond acceptors (Lipinski definition) is 7. The number of ether oxygens (including phenoxy) is 2. The Morgan fingerprint density at radius 3 is 2.72 bits per heavy atom. The summed E-state index contributed by atoms with van der Waals surface area (Å²) in [6.45, 7) is 9.55. The summed E-state index contributed by atoms with van der Waals surface area (Å²) in [6.07, 6.45) is 7.17. The largest absolute Gasteiger partial charge is 0.379 e. The van der Waals surface area contributed by atoms with Crippen LogP contribution in [0.25, 0.3) is 10.2 Å². The van der Waals surface area contributed by atoms with E-state index >= 15 is 0 Å². The van der Waals surface area contributed by atoms with Gasteiger partial charge in [0.25, 0.3) is 0 Å². The number of rotatable bonds is 4. The van der Waals surface area contributed by atoms with Gasteiger partial charge in [0, 0.05) is 30.6 Å². The lowest BCUT2D eigenvalue weighted by atomic mass is 9.89. The zero-order valence-electron chi connectivity index (χ0n) is 17.6. The molecule has 2 aliphatic heterocycles. The van der Waals surface area contributed by atoms with Gasteiger partial charge in [0.2, 0.25) is 0 Å². The van der Waals surface area contributed by atoms with Crippen molar-refractivity contribution in [3.63, 3.8) is 0 Å². The Kier molecular flexibility index (Phi) is 5.49. The molecule has 3 fully saturated rings. The number of nitrogens with one attached hydrogen (secondary N) is 1. The Bertz CT molecular complexity index is 871. The molecule has 2 aromatic heterocycles. The van der Waals surface area contributed by atoms with E-state index in [-0.39, 0.29) is 5.60 Å². The fourth-order valence-electron chi connectivity index (χ4n) is 5.14. The molecule has 1 atom stereocenters. The van der Waals surface area contributed by atoms with Crippen molar-refractivity contribution in [1.82, 2.24) is 14.9 Å². The lowest BCUT2D eigenvalue weighted by Gasteiger charge is -2.38. The normalized spacial score (nSPS) is 25.1. The Labute approximate surface area is 177 Å². The lowest BCUT2D eigenvalue weighted by molar-refractivity contribution is -0.0767. The van der Waals surface area contributed by atoms with Crippen LogP contribution in [-0.2, 0) is 16.0 Å². The maximum absolute atomic E-state index is 6.24. The van der Waals surface area contributed by atoms with Crippen LogP contribution in [0.1, 0.15) is 54.8 Å². The predicted molar refractivity (Wildman–Crippen MR) is 117 cm³/mol. The topological polar surface area (TPSA) is 59.5 Å². The van der Waals surface area contributed by atoms with Crippen LogP contribution in [0.3, 0.4) is 0 Å². The molecular weight excluding hydrogens is 384 g/mol. The number of aromatic nitrogens is 2. The zero-order chi connectivity index (χ0) is 19.8. The minimum atomic E-state index is 0.109. The van der Waals surface area contributed by atoms with E-state index < -0.39 is 0 Å². The number of thiophene rings is 1. The summed E-state index contributed by atoms with van der Waals surface area (Å²) in [4.78, 5) is 14.8. The van der Waals surface area contributed by atoms with Crippen LogP contribution in [0.5, 0.6) is 0 Å². The van der Waals surface area contributed by atoms with Gasteiger partial charge in [0.15, 0.2) is 0 Å². The highest BCUT2D eigenvalue weighted by atomic mass is 32.1. The van der Waals surface area contributed by atoms with Gasteiger partial charge in [-0.3, -0.25) is 4.90 Å². The number of nitrogens with zero attached hydrogens (tertiary/aromatic N) is 3. The molecule has 0 bridgehead atoms. The van der Waals surface area contributed by atoms with Crippen LogP contribution in [0, 0.1) is 13.8 Å². The zero-order valence-corrected chi connectivity index (χ0v) is 18.4. The number of hydrogen-bond donors (Lipinski definition) is 1. The van der Waals surface area contributed by atoms with Gasteiger partial charge in [-0.25, -0.2) is 9.97 Å². The monoisotopic (exact) mass is 416 g/mol. The first-order valence-electron chi connectivity index (χ1n) is 11.1. The molecule has 6 nitrogen and oxygen atoms in total. The molecule has 2 aromatic rings. The van der Waals surface area contributed by atoms with Crippen LogP contribution < -0.4 is 5.32 Å². The van der Waals surface area contributed by atoms with Crippen molar-refractivity contribution in [3.8, 4) is 0 Å². The second-order valence-corrected chi connectivity index (χ2v) is 10.1. The molecule has 0 aromatic carbocycles. The van der Waals surface area contributed by atoms with Crippen molar-refractivity contribution in [2.75, 3.05) is 38.2 Å². The van der Waals surface area contributed by atoms with E-state index in [4.69, 9.17) is 19.4 Å². The molecule has 0 radical (unpaired) electrons. The highest BCUT2D eigenvalue weighted by molar-refractivity contribution is 7.18. The smallest absolute Gasteiger partial charge is 0.146 e. The van der Waals surface area contributed by atoms with Crippen LogP contribution in [-0.4, -0.2) is 59.4 Å². The first kappa shape index (κ1) is 19.7. The fraction of sp³-hybridized carbons (Fsp3) is 0.727. The quantitative estimate of drug-likeness (QED) is 0.812. The van der Waals surface area contributed by atoms with Gasteiger partial charge in [0.1, 0.15) is 16.5 Å². The van der Waals surface area contributed by atoms with Crippen molar-refractivity contribution in [2.24, 2.45) is 0 Å². The van der Waals surface area contributed by atoms with Gasteiger partial charge in [-0.1, -0.05) is 12.8 Å². The van der Waals surface area contributed by atoms with Gasteiger partial charge < -0.3 is 14.8 Å². The van der Waals surface area contributed by atoms with Gasteiger partial charge in [-0.05, 0) is 45.1 Å². The van der Waals surface area contributed by atoms with E-state index in [2.05, 4.69) is 24.1 Å². The van der Waals surface area contributed by atoms with Crippen molar-refractivity contribution >= 4 is 27.4 Å². The Hall–Kier alpha value is -1.28. The van der Waals surface area contributed by atoms with E-state index in [0.717, 1.165) is 68.8 Å². The Morgan fingerprint density at radius 2 is 1.93 bits per heavy atom. The Balaban J connectivity index is 1.43. The predicted octanol–water partition coefficient (Wildman–Crippen LogP) is 4.04. The first-order valence-corrected chi connectivity index (χ1v) is 11.9. The lowest BCUT2D eigenvalue weighted by Crippen LogP contribution is -2.42. The van der Waals surface area contributed by atoms with Crippen molar-refractivity contribution in [3.05, 3.63) is 16.3 Å². The minimum absolute atomic E-state index is 0.109. The third kappa shape index (κ3) is 4.02. The minimum Gasteiger partial charge on any atom is -0.379 e. The van der Waals surface area contributed by atoms with Gasteiger partial charge >= 0.3 is 0 Å². The van der Waals surface area contributed by atoms with Gasteiger partial charge in [-0.15, -0.1) is 11.3 Å². The molecule has 1 unspecified atom stereocenters. The number of aryl methyl sites for hydroxylation is 2. The van der Waals surface area contributed by atoms with Gasteiger partial charge in [-0.2, -0.15) is 0 Å². The summed E-state index contributed by atoms with van der Waals surface area (Å²) in [5, 5.41) is 5.05. The first-order chi connectivity index (χ1) is 14.1. The molecule has 0 amide bonds. The molecule has 1 spiro atoms. The van der Waals surface area contributed by atoms with E-state index in [1.807, 2.05) is 0 Å². The summed E-state index contributed by atoms with van der Waals surface area (Å²) < 4.78 is 11.7. The highest BCUT2D eigenvalue weighted by Crippen LogP contribution is 2.41. The third-order valence-corrected chi connectivity index (χ3v) is 7.99. The molecule has 1 aliphatic carbocycles. The molecular formula is C22H32N4O2S. The average Bonchev–Trinajstić information content (AvgIpc) is 3.27. The molecule has 158 valence electrons. The van der Waals surface area contributed by atoms with Crippen molar-refractivity contribution in [2.45, 2.75) is 70.6 Å². The fourth-order valence-corrected chi connectivity index (χ4v) is 6.19. The van der Waals surface area contributed by atoms with Crippen molar-refractivity contribution in [1.29, 1.82) is 0 Å². The third-order valence-electron chi connectivity index (χ3n) is 6.89. The number of fused-ring (bicyclic) bond motifs is 1.